The Balaban J connectivity index is 1.53. The number of hydrogen-bond acceptors (Lipinski definition) is 6. The fourth-order valence-corrected chi connectivity index (χ4v) is 5.49. The summed E-state index contributed by atoms with van der Waals surface area (Å²) < 4.78 is 45.2. The number of carbonyl (C=O) groups excluding carboxylic acids is 2. The second-order valence-corrected chi connectivity index (χ2v) is 10.2. The highest BCUT2D eigenvalue weighted by atomic mass is 35.5. The Kier molecular flexibility index (Phi) is 6.85. The van der Waals surface area contributed by atoms with Gasteiger partial charge in [0.05, 0.1) is 17.1 Å². The first-order valence-electron chi connectivity index (χ1n) is 10.3. The van der Waals surface area contributed by atoms with Crippen molar-refractivity contribution >= 4 is 39.0 Å². The van der Waals surface area contributed by atoms with Crippen LogP contribution in [0.4, 0.5) is 10.1 Å². The van der Waals surface area contributed by atoms with Gasteiger partial charge in [0.15, 0.2) is 15.6 Å². The van der Waals surface area contributed by atoms with E-state index in [0.717, 1.165) is 12.1 Å². The Morgan fingerprint density at radius 3 is 2.50 bits per heavy atom. The molecule has 3 aromatic rings. The second kappa shape index (κ2) is 9.82. The number of anilines is 1. The van der Waals surface area contributed by atoms with Gasteiger partial charge < -0.3 is 15.0 Å². The van der Waals surface area contributed by atoms with Gasteiger partial charge in [0.1, 0.15) is 17.6 Å². The number of halogens is 2. The molecule has 1 unspecified atom stereocenters. The summed E-state index contributed by atoms with van der Waals surface area (Å²) in [5.74, 6) is -1.28. The Labute approximate surface area is 201 Å². The van der Waals surface area contributed by atoms with Crippen molar-refractivity contribution < 1.29 is 27.1 Å². The average molecular weight is 503 g/mol. The Bertz CT molecular complexity index is 1320. The number of carbonyl (C=O) groups is 2. The third-order valence-electron chi connectivity index (χ3n) is 5.31. The lowest BCUT2D eigenvalue weighted by Gasteiger charge is -2.29. The van der Waals surface area contributed by atoms with Crippen LogP contribution in [0, 0.1) is 5.82 Å². The number of nitrogens with zero attached hydrogens (tertiary/aromatic N) is 1. The molecule has 0 radical (unpaired) electrons. The largest absolute Gasteiger partial charge is 0.423 e. The van der Waals surface area contributed by atoms with Crippen LogP contribution in [0.3, 0.4) is 0 Å². The summed E-state index contributed by atoms with van der Waals surface area (Å²) in [4.78, 5) is 26.2. The predicted octanol–water partition coefficient (Wildman–Crippen LogP) is 3.54. The van der Waals surface area contributed by atoms with Gasteiger partial charge in [-0.1, -0.05) is 41.9 Å². The molecule has 0 fully saturated rings. The van der Waals surface area contributed by atoms with Gasteiger partial charge in [-0.2, -0.15) is 0 Å². The molecule has 1 amide bonds. The van der Waals surface area contributed by atoms with Crippen LogP contribution in [-0.4, -0.2) is 39.9 Å². The molecule has 0 aromatic heterocycles. The van der Waals surface area contributed by atoms with E-state index >= 15 is 0 Å². The van der Waals surface area contributed by atoms with Crippen LogP contribution in [0.15, 0.2) is 77.7 Å². The van der Waals surface area contributed by atoms with Gasteiger partial charge in [-0.25, -0.2) is 17.6 Å². The Hall–Kier alpha value is -3.43. The van der Waals surface area contributed by atoms with Crippen molar-refractivity contribution in [3.8, 4) is 5.75 Å². The number of nitrogens with one attached hydrogen (secondary N) is 1. The van der Waals surface area contributed by atoms with Gasteiger partial charge in [-0.3, -0.25) is 4.79 Å². The summed E-state index contributed by atoms with van der Waals surface area (Å²) in [6, 6.07) is 17.7. The Morgan fingerprint density at radius 1 is 1.09 bits per heavy atom. The molecular formula is C24H20ClFN2O5S. The molecule has 1 atom stereocenters. The van der Waals surface area contributed by atoms with Gasteiger partial charge >= 0.3 is 5.97 Å². The van der Waals surface area contributed by atoms with Crippen LogP contribution in [0.1, 0.15) is 10.8 Å². The van der Waals surface area contributed by atoms with E-state index in [2.05, 4.69) is 5.32 Å². The summed E-state index contributed by atoms with van der Waals surface area (Å²) in [7, 11) is -3.95. The molecule has 0 bridgehead atoms. The van der Waals surface area contributed by atoms with Crippen molar-refractivity contribution in [2.24, 2.45) is 0 Å². The van der Waals surface area contributed by atoms with Crippen molar-refractivity contribution in [3.63, 3.8) is 0 Å². The maximum absolute atomic E-state index is 13.3. The molecule has 1 aliphatic rings. The fraction of sp³-hybridized carbons (Fsp3) is 0.167. The van der Waals surface area contributed by atoms with Crippen LogP contribution in [0.5, 0.6) is 5.75 Å². The van der Waals surface area contributed by atoms with Crippen LogP contribution in [0.25, 0.3) is 0 Å². The second-order valence-electron chi connectivity index (χ2n) is 7.64. The summed E-state index contributed by atoms with van der Waals surface area (Å²) >= 11 is 6.05. The third-order valence-corrected chi connectivity index (χ3v) is 7.66. The van der Waals surface area contributed by atoms with Crippen LogP contribution in [-0.2, 0) is 19.4 Å². The van der Waals surface area contributed by atoms with Crippen molar-refractivity contribution in [1.82, 2.24) is 5.32 Å². The van der Waals surface area contributed by atoms with E-state index < -0.39 is 32.8 Å². The van der Waals surface area contributed by atoms with Crippen molar-refractivity contribution in [3.05, 3.63) is 89.2 Å². The van der Waals surface area contributed by atoms with Crippen molar-refractivity contribution in [1.29, 1.82) is 0 Å². The normalized spacial score (nSPS) is 14.2. The smallest absolute Gasteiger partial charge is 0.331 e. The lowest BCUT2D eigenvalue weighted by atomic mass is 10.1. The molecular weight excluding hydrogens is 483 g/mol. The van der Waals surface area contributed by atoms with Crippen LogP contribution >= 0.6 is 11.6 Å². The van der Waals surface area contributed by atoms with Crippen LogP contribution in [0.2, 0.25) is 5.02 Å². The lowest BCUT2D eigenvalue weighted by molar-refractivity contribution is -0.133. The molecule has 0 saturated heterocycles. The number of fused-ring (bicyclic) bond motifs is 1. The van der Waals surface area contributed by atoms with E-state index in [-0.39, 0.29) is 30.3 Å². The zero-order valence-corrected chi connectivity index (χ0v) is 19.4. The van der Waals surface area contributed by atoms with Crippen LogP contribution < -0.4 is 15.0 Å². The van der Waals surface area contributed by atoms with E-state index in [1.165, 1.54) is 17.0 Å². The Morgan fingerprint density at radius 2 is 1.79 bits per heavy atom. The van der Waals surface area contributed by atoms with E-state index in [1.807, 2.05) is 0 Å². The molecule has 1 N–H and O–H groups in total. The van der Waals surface area contributed by atoms with Gasteiger partial charge in [0.2, 0.25) is 5.91 Å². The summed E-state index contributed by atoms with van der Waals surface area (Å²) in [6.07, 6.45) is 0. The minimum Gasteiger partial charge on any atom is -0.423 e. The molecule has 7 nitrogen and oxygen atoms in total. The number of benzene rings is 3. The third kappa shape index (κ3) is 5.21. The number of amides is 1. The topological polar surface area (TPSA) is 92.8 Å². The average Bonchev–Trinajstić information content (AvgIpc) is 2.80. The minimum absolute atomic E-state index is 0.0562. The SMILES string of the molecule is O=C(CN1CC(=O)Oc2ccc(Cl)cc21)NCC(c1ccccc1)S(=O)(=O)c1ccc(F)cc1. The van der Waals surface area contributed by atoms with E-state index in [4.69, 9.17) is 16.3 Å². The molecule has 0 spiro atoms. The van der Waals surface area contributed by atoms with Crippen molar-refractivity contribution in [2.75, 3.05) is 24.5 Å². The monoisotopic (exact) mass is 502 g/mol. The molecule has 0 saturated carbocycles. The maximum atomic E-state index is 13.3. The molecule has 34 heavy (non-hydrogen) atoms. The maximum Gasteiger partial charge on any atom is 0.331 e. The summed E-state index contributed by atoms with van der Waals surface area (Å²) in [6.45, 7) is -0.583. The molecule has 1 aliphatic heterocycles. The fourth-order valence-electron chi connectivity index (χ4n) is 3.66. The zero-order chi connectivity index (χ0) is 24.3. The predicted molar refractivity (Wildman–Crippen MR) is 125 cm³/mol. The summed E-state index contributed by atoms with van der Waals surface area (Å²) in [5.41, 5.74) is 0.964. The minimum atomic E-state index is -3.95. The number of esters is 1. The lowest BCUT2D eigenvalue weighted by Crippen LogP contribution is -2.44. The highest BCUT2D eigenvalue weighted by molar-refractivity contribution is 7.91. The molecule has 1 heterocycles. The van der Waals surface area contributed by atoms with E-state index in [0.29, 0.717) is 16.3 Å². The van der Waals surface area contributed by atoms with E-state index in [9.17, 15) is 22.4 Å². The van der Waals surface area contributed by atoms with Gasteiger partial charge in [-0.05, 0) is 48.0 Å². The molecule has 4 rings (SSSR count). The highest BCUT2D eigenvalue weighted by Gasteiger charge is 2.31. The molecule has 176 valence electrons. The standard InChI is InChI=1S/C24H20ClFN2O5S/c25-17-6-11-21-20(12-17)28(15-24(30)33-21)14-23(29)27-13-22(16-4-2-1-3-5-16)34(31,32)19-9-7-18(26)8-10-19/h1-12,22H,13-15H2,(H,27,29). The number of hydrogen-bond donors (Lipinski definition) is 1. The molecule has 0 aliphatic carbocycles. The van der Waals surface area contributed by atoms with Gasteiger partial charge in [0.25, 0.3) is 0 Å². The number of rotatable bonds is 7. The number of ether oxygens (including phenoxy) is 1. The van der Waals surface area contributed by atoms with Gasteiger partial charge in [-0.15, -0.1) is 0 Å². The first kappa shape index (κ1) is 23.7. The van der Waals surface area contributed by atoms with Gasteiger partial charge in [0, 0.05) is 11.6 Å². The first-order chi connectivity index (χ1) is 16.2. The first-order valence-corrected chi connectivity index (χ1v) is 12.2. The zero-order valence-electron chi connectivity index (χ0n) is 17.8. The van der Waals surface area contributed by atoms with Crippen molar-refractivity contribution in [2.45, 2.75) is 10.1 Å². The number of sulfone groups is 1. The molecule has 3 aromatic carbocycles. The highest BCUT2D eigenvalue weighted by Crippen LogP contribution is 2.34. The van der Waals surface area contributed by atoms with E-state index in [1.54, 1.807) is 48.5 Å². The summed E-state index contributed by atoms with van der Waals surface area (Å²) in [5, 5.41) is 1.97. The molecule has 10 heteroatoms. The quantitative estimate of drug-likeness (QED) is 0.302.